The Morgan fingerprint density at radius 1 is 1.00 bits per heavy atom. The van der Waals surface area contributed by atoms with Crippen LogP contribution in [0.5, 0.6) is 0 Å². The molecule has 0 aliphatic carbocycles. The van der Waals surface area contributed by atoms with Gasteiger partial charge in [0, 0.05) is 31.9 Å². The lowest BCUT2D eigenvalue weighted by atomic mass is 10.1. The molecule has 1 aliphatic rings. The van der Waals surface area contributed by atoms with Crippen molar-refractivity contribution < 1.29 is 9.59 Å². The zero-order valence-electron chi connectivity index (χ0n) is 17.9. The van der Waals surface area contributed by atoms with E-state index in [0.29, 0.717) is 5.69 Å². The smallest absolute Gasteiger partial charge is 0.307 e. The minimum atomic E-state index is -0.492. The molecule has 3 amide bonds. The van der Waals surface area contributed by atoms with Gasteiger partial charge in [0.15, 0.2) is 0 Å². The Labute approximate surface area is 186 Å². The summed E-state index contributed by atoms with van der Waals surface area (Å²) in [5, 5.41) is 6.32. The second kappa shape index (κ2) is 9.55. The summed E-state index contributed by atoms with van der Waals surface area (Å²) in [5.74, 6) is -0.289. The molecule has 31 heavy (non-hydrogen) atoms. The molecule has 2 heterocycles. The molecule has 1 aromatic heterocycles. The molecule has 0 radical (unpaired) electrons. The lowest BCUT2D eigenvalue weighted by molar-refractivity contribution is -0.121. The van der Waals surface area contributed by atoms with Crippen LogP contribution < -0.4 is 10.6 Å². The fourth-order valence-electron chi connectivity index (χ4n) is 3.69. The first kappa shape index (κ1) is 21.4. The number of amides is 3. The van der Waals surface area contributed by atoms with E-state index in [4.69, 9.17) is 4.98 Å². The zero-order chi connectivity index (χ0) is 21.8. The summed E-state index contributed by atoms with van der Waals surface area (Å²) in [6, 6.07) is 13.4. The summed E-state index contributed by atoms with van der Waals surface area (Å²) in [5.41, 5.74) is 3.85. The highest BCUT2D eigenvalue weighted by Gasteiger charge is 2.21. The Balaban J connectivity index is 1.21. The van der Waals surface area contributed by atoms with Gasteiger partial charge in [-0.3, -0.25) is 19.9 Å². The van der Waals surface area contributed by atoms with E-state index in [0.717, 1.165) is 54.4 Å². The first-order chi connectivity index (χ1) is 15.0. The predicted molar refractivity (Wildman–Crippen MR) is 124 cm³/mol. The van der Waals surface area contributed by atoms with Crippen LogP contribution in [0.1, 0.15) is 16.1 Å². The molecule has 0 atom stereocenters. The lowest BCUT2D eigenvalue weighted by Crippen LogP contribution is -2.50. The number of nitrogens with zero attached hydrogens (tertiary/aromatic N) is 3. The highest BCUT2D eigenvalue weighted by molar-refractivity contribution is 7.18. The second-order valence-corrected chi connectivity index (χ2v) is 8.99. The first-order valence-corrected chi connectivity index (χ1v) is 11.3. The van der Waals surface area contributed by atoms with Crippen LogP contribution in [0.2, 0.25) is 0 Å². The highest BCUT2D eigenvalue weighted by Crippen LogP contribution is 2.23. The molecule has 0 unspecified atom stereocenters. The number of fused-ring (bicyclic) bond motifs is 1. The van der Waals surface area contributed by atoms with Gasteiger partial charge in [0.05, 0.1) is 23.3 Å². The molecule has 162 valence electrons. The number of thiazole rings is 1. The van der Waals surface area contributed by atoms with Crippen LogP contribution in [0.4, 0.5) is 10.5 Å². The minimum absolute atomic E-state index is 0.217. The van der Waals surface area contributed by atoms with Crippen LogP contribution in [0.25, 0.3) is 10.2 Å². The normalized spacial score (nSPS) is 15.2. The van der Waals surface area contributed by atoms with E-state index in [1.165, 1.54) is 4.70 Å². The second-order valence-electron chi connectivity index (χ2n) is 7.88. The number of aromatic nitrogens is 1. The fourth-order valence-corrected chi connectivity index (χ4v) is 4.70. The summed E-state index contributed by atoms with van der Waals surface area (Å²) < 4.78 is 1.21. The monoisotopic (exact) mass is 437 g/mol. The van der Waals surface area contributed by atoms with Gasteiger partial charge in [-0.25, -0.2) is 9.78 Å². The number of nitrogens with one attached hydrogen (secondary N) is 2. The van der Waals surface area contributed by atoms with Gasteiger partial charge in [-0.2, -0.15) is 0 Å². The molecule has 1 fully saturated rings. The van der Waals surface area contributed by atoms with Gasteiger partial charge in [-0.05, 0) is 43.2 Å². The molecular formula is C23H27N5O2S. The number of imide groups is 1. The molecule has 2 aromatic carbocycles. The summed E-state index contributed by atoms with van der Waals surface area (Å²) in [7, 11) is 0. The van der Waals surface area contributed by atoms with Gasteiger partial charge in [-0.15, -0.1) is 11.3 Å². The molecule has 7 nitrogen and oxygen atoms in total. The van der Waals surface area contributed by atoms with Gasteiger partial charge in [-0.1, -0.05) is 24.3 Å². The van der Waals surface area contributed by atoms with E-state index in [1.54, 1.807) is 11.3 Å². The number of urea groups is 1. The molecule has 0 bridgehead atoms. The number of piperazine rings is 1. The third kappa shape index (κ3) is 5.46. The van der Waals surface area contributed by atoms with Gasteiger partial charge in [0.1, 0.15) is 5.01 Å². The predicted octanol–water partition coefficient (Wildman–Crippen LogP) is 3.38. The van der Waals surface area contributed by atoms with Crippen molar-refractivity contribution in [1.82, 2.24) is 20.1 Å². The van der Waals surface area contributed by atoms with Gasteiger partial charge >= 0.3 is 6.03 Å². The van der Waals surface area contributed by atoms with E-state index in [-0.39, 0.29) is 12.5 Å². The van der Waals surface area contributed by atoms with Crippen molar-refractivity contribution in [1.29, 1.82) is 0 Å². The molecular weight excluding hydrogens is 410 g/mol. The number of anilines is 1. The number of rotatable bonds is 5. The largest absolute Gasteiger partial charge is 0.325 e. The van der Waals surface area contributed by atoms with Gasteiger partial charge < -0.3 is 5.32 Å². The van der Waals surface area contributed by atoms with Crippen LogP contribution in [0.15, 0.2) is 42.5 Å². The molecule has 1 aliphatic heterocycles. The van der Waals surface area contributed by atoms with Crippen molar-refractivity contribution >= 4 is 39.2 Å². The van der Waals surface area contributed by atoms with E-state index in [1.807, 2.05) is 50.2 Å². The topological polar surface area (TPSA) is 77.6 Å². The van der Waals surface area contributed by atoms with Crippen molar-refractivity contribution in [2.75, 3.05) is 38.0 Å². The summed E-state index contributed by atoms with van der Waals surface area (Å²) in [6.45, 7) is 8.30. The lowest BCUT2D eigenvalue weighted by Gasteiger charge is -2.33. The zero-order valence-corrected chi connectivity index (χ0v) is 18.7. The Hall–Kier alpha value is -2.81. The van der Waals surface area contributed by atoms with E-state index in [2.05, 4.69) is 26.5 Å². The van der Waals surface area contributed by atoms with E-state index < -0.39 is 6.03 Å². The number of carbonyl (C=O) groups excluding carboxylic acids is 2. The number of hydrogen-bond donors (Lipinski definition) is 2. The third-order valence-electron chi connectivity index (χ3n) is 5.63. The third-order valence-corrected chi connectivity index (χ3v) is 6.66. The number of hydrogen-bond acceptors (Lipinski definition) is 6. The van der Waals surface area contributed by atoms with Gasteiger partial charge in [0.2, 0.25) is 5.91 Å². The highest BCUT2D eigenvalue weighted by atomic mass is 32.1. The summed E-state index contributed by atoms with van der Waals surface area (Å²) in [4.78, 5) is 33.6. The van der Waals surface area contributed by atoms with Crippen molar-refractivity contribution in [2.45, 2.75) is 20.4 Å². The maximum atomic E-state index is 12.3. The van der Waals surface area contributed by atoms with Crippen LogP contribution in [-0.4, -0.2) is 59.4 Å². The maximum absolute atomic E-state index is 12.3. The summed E-state index contributed by atoms with van der Waals surface area (Å²) >= 11 is 1.74. The Bertz CT molecular complexity index is 1060. The van der Waals surface area contributed by atoms with E-state index in [9.17, 15) is 9.59 Å². The Morgan fingerprint density at radius 2 is 1.74 bits per heavy atom. The maximum Gasteiger partial charge on any atom is 0.325 e. The minimum Gasteiger partial charge on any atom is -0.307 e. The average molecular weight is 438 g/mol. The quantitative estimate of drug-likeness (QED) is 0.640. The Kier molecular flexibility index (Phi) is 6.60. The molecule has 2 N–H and O–H groups in total. The van der Waals surface area contributed by atoms with Crippen molar-refractivity contribution in [3.63, 3.8) is 0 Å². The SMILES string of the molecule is Cc1cccc(NC(=O)NC(=O)CN2CCN(Cc3nc4ccccc4s3)CC2)c1C. The number of para-hydroxylation sites is 1. The standard InChI is InChI=1S/C23H27N5O2S/c1-16-6-5-8-18(17(16)2)25-23(30)26-21(29)14-27-10-12-28(13-11-27)15-22-24-19-7-3-4-9-20(19)31-22/h3-9H,10-15H2,1-2H3,(H2,25,26,29,30). The molecule has 0 spiro atoms. The molecule has 0 saturated carbocycles. The van der Waals surface area contributed by atoms with Crippen molar-refractivity contribution in [3.05, 3.63) is 58.6 Å². The molecule has 8 heteroatoms. The van der Waals surface area contributed by atoms with Crippen LogP contribution >= 0.6 is 11.3 Å². The molecule has 1 saturated heterocycles. The first-order valence-electron chi connectivity index (χ1n) is 10.4. The molecule has 4 rings (SSSR count). The van der Waals surface area contributed by atoms with Gasteiger partial charge in [0.25, 0.3) is 0 Å². The fraction of sp³-hybridized carbons (Fsp3) is 0.348. The number of aryl methyl sites for hydroxylation is 1. The van der Waals surface area contributed by atoms with E-state index >= 15 is 0 Å². The molecule has 3 aromatic rings. The summed E-state index contributed by atoms with van der Waals surface area (Å²) in [6.07, 6.45) is 0. The Morgan fingerprint density at radius 3 is 2.52 bits per heavy atom. The average Bonchev–Trinajstić information content (AvgIpc) is 3.15. The van der Waals surface area contributed by atoms with Crippen LogP contribution in [-0.2, 0) is 11.3 Å². The van der Waals surface area contributed by atoms with Crippen LogP contribution in [0.3, 0.4) is 0 Å². The van der Waals surface area contributed by atoms with Crippen molar-refractivity contribution in [2.24, 2.45) is 0 Å². The number of benzene rings is 2. The van der Waals surface area contributed by atoms with Crippen molar-refractivity contribution in [3.8, 4) is 0 Å². The number of carbonyl (C=O) groups is 2. The van der Waals surface area contributed by atoms with Crippen LogP contribution in [0, 0.1) is 13.8 Å².